The second-order valence-electron chi connectivity index (χ2n) is 4.11. The zero-order chi connectivity index (χ0) is 13.8. The second-order valence-corrected chi connectivity index (χ2v) is 4.11. The summed E-state index contributed by atoms with van der Waals surface area (Å²) in [7, 11) is 3.42. The average molecular weight is 264 g/mol. The van der Waals surface area contributed by atoms with Gasteiger partial charge < -0.3 is 10.1 Å². The standard InChI is InChI=1S/C11H16N6O2/c1-8-6-10(14-16(8)2)12-11(18)9-7-17(15-13-9)4-5-19-3/h6-7H,4-5H2,1-3H3,(H,12,14,18). The molecule has 0 bridgehead atoms. The lowest BCUT2D eigenvalue weighted by Crippen LogP contribution is -2.13. The van der Waals surface area contributed by atoms with Gasteiger partial charge in [0.2, 0.25) is 0 Å². The Bertz CT molecular complexity index is 554. The minimum atomic E-state index is -0.332. The first kappa shape index (κ1) is 13.2. The fraction of sp³-hybridized carbons (Fsp3) is 0.455. The summed E-state index contributed by atoms with van der Waals surface area (Å²) in [5, 5.41) is 14.5. The van der Waals surface area contributed by atoms with Crippen LogP contribution < -0.4 is 5.32 Å². The van der Waals surface area contributed by atoms with Crippen LogP contribution in [0.1, 0.15) is 16.2 Å². The van der Waals surface area contributed by atoms with Crippen molar-refractivity contribution in [2.45, 2.75) is 13.5 Å². The number of aromatic nitrogens is 5. The van der Waals surface area contributed by atoms with Gasteiger partial charge in [-0.2, -0.15) is 5.10 Å². The van der Waals surface area contributed by atoms with Gasteiger partial charge in [-0.15, -0.1) is 5.10 Å². The third kappa shape index (κ3) is 3.16. The average Bonchev–Trinajstić information content (AvgIpc) is 2.95. The number of carbonyl (C=O) groups excluding carboxylic acids is 1. The van der Waals surface area contributed by atoms with Gasteiger partial charge >= 0.3 is 0 Å². The minimum Gasteiger partial charge on any atom is -0.383 e. The normalized spacial score (nSPS) is 10.7. The van der Waals surface area contributed by atoms with E-state index in [-0.39, 0.29) is 11.6 Å². The Labute approximate surface area is 110 Å². The van der Waals surface area contributed by atoms with Crippen LogP contribution in [-0.4, -0.2) is 44.4 Å². The van der Waals surface area contributed by atoms with E-state index in [4.69, 9.17) is 4.74 Å². The Morgan fingerprint density at radius 1 is 1.53 bits per heavy atom. The van der Waals surface area contributed by atoms with Crippen molar-refractivity contribution in [1.29, 1.82) is 0 Å². The molecular weight excluding hydrogens is 248 g/mol. The van der Waals surface area contributed by atoms with E-state index in [2.05, 4.69) is 20.7 Å². The van der Waals surface area contributed by atoms with E-state index < -0.39 is 0 Å². The summed E-state index contributed by atoms with van der Waals surface area (Å²) in [6.07, 6.45) is 1.57. The van der Waals surface area contributed by atoms with Crippen molar-refractivity contribution < 1.29 is 9.53 Å². The second kappa shape index (κ2) is 5.61. The molecule has 0 atom stereocenters. The lowest BCUT2D eigenvalue weighted by atomic mass is 10.4. The Kier molecular flexibility index (Phi) is 3.91. The van der Waals surface area contributed by atoms with Gasteiger partial charge in [-0.25, -0.2) is 4.68 Å². The Morgan fingerprint density at radius 3 is 2.95 bits per heavy atom. The first-order valence-corrected chi connectivity index (χ1v) is 5.81. The first-order valence-electron chi connectivity index (χ1n) is 5.81. The van der Waals surface area contributed by atoms with Gasteiger partial charge in [0.05, 0.1) is 19.3 Å². The third-order valence-electron chi connectivity index (χ3n) is 2.65. The van der Waals surface area contributed by atoms with Crippen molar-refractivity contribution in [3.05, 3.63) is 23.7 Å². The monoisotopic (exact) mass is 264 g/mol. The van der Waals surface area contributed by atoms with Crippen LogP contribution in [0, 0.1) is 6.92 Å². The molecule has 1 N–H and O–H groups in total. The molecule has 0 aromatic carbocycles. The number of hydrogen-bond donors (Lipinski definition) is 1. The van der Waals surface area contributed by atoms with Crippen LogP contribution in [-0.2, 0) is 18.3 Å². The zero-order valence-corrected chi connectivity index (χ0v) is 11.1. The van der Waals surface area contributed by atoms with Crippen molar-refractivity contribution >= 4 is 11.7 Å². The molecule has 0 fully saturated rings. The predicted molar refractivity (Wildman–Crippen MR) is 67.8 cm³/mol. The minimum absolute atomic E-state index is 0.249. The maximum Gasteiger partial charge on any atom is 0.279 e. The van der Waals surface area contributed by atoms with Crippen molar-refractivity contribution in [1.82, 2.24) is 24.8 Å². The molecule has 0 saturated heterocycles. The maximum absolute atomic E-state index is 11.9. The number of anilines is 1. The number of nitrogens with one attached hydrogen (secondary N) is 1. The molecule has 2 rings (SSSR count). The van der Waals surface area contributed by atoms with Crippen LogP contribution >= 0.6 is 0 Å². The molecular formula is C11H16N6O2. The molecule has 0 spiro atoms. The molecule has 102 valence electrons. The van der Waals surface area contributed by atoms with Crippen LogP contribution in [0.5, 0.6) is 0 Å². The molecule has 0 aliphatic rings. The van der Waals surface area contributed by atoms with E-state index in [1.54, 1.807) is 28.7 Å². The molecule has 0 unspecified atom stereocenters. The number of hydrogen-bond acceptors (Lipinski definition) is 5. The summed E-state index contributed by atoms with van der Waals surface area (Å²) in [5.41, 5.74) is 1.21. The fourth-order valence-electron chi connectivity index (χ4n) is 1.50. The van der Waals surface area contributed by atoms with Crippen LogP contribution in [0.2, 0.25) is 0 Å². The maximum atomic E-state index is 11.9. The van der Waals surface area contributed by atoms with Crippen LogP contribution in [0.4, 0.5) is 5.82 Å². The van der Waals surface area contributed by atoms with Gasteiger partial charge in [0, 0.05) is 25.9 Å². The van der Waals surface area contributed by atoms with Gasteiger partial charge in [0.25, 0.3) is 5.91 Å². The first-order chi connectivity index (χ1) is 9.10. The van der Waals surface area contributed by atoms with Gasteiger partial charge in [-0.3, -0.25) is 9.48 Å². The van der Waals surface area contributed by atoms with E-state index in [1.165, 1.54) is 0 Å². The van der Waals surface area contributed by atoms with Crippen LogP contribution in [0.3, 0.4) is 0 Å². The molecule has 0 aliphatic carbocycles. The molecule has 8 heteroatoms. The molecule has 19 heavy (non-hydrogen) atoms. The summed E-state index contributed by atoms with van der Waals surface area (Å²) in [6, 6.07) is 1.78. The largest absolute Gasteiger partial charge is 0.383 e. The summed E-state index contributed by atoms with van der Waals surface area (Å²) in [6.45, 7) is 2.98. The molecule has 1 amide bonds. The third-order valence-corrected chi connectivity index (χ3v) is 2.65. The number of ether oxygens (including phenoxy) is 1. The van der Waals surface area contributed by atoms with E-state index in [0.717, 1.165) is 5.69 Å². The summed E-state index contributed by atoms with van der Waals surface area (Å²) in [5.74, 6) is 0.165. The SMILES string of the molecule is COCCn1cc(C(=O)Nc2cc(C)n(C)n2)nn1. The Hall–Kier alpha value is -2.22. The van der Waals surface area contributed by atoms with Crippen LogP contribution in [0.15, 0.2) is 12.3 Å². The van der Waals surface area contributed by atoms with Crippen molar-refractivity contribution in [2.24, 2.45) is 7.05 Å². The van der Waals surface area contributed by atoms with Gasteiger partial charge in [-0.1, -0.05) is 5.21 Å². The Balaban J connectivity index is 2.01. The number of carbonyl (C=O) groups is 1. The molecule has 2 aromatic heterocycles. The molecule has 0 aliphatic heterocycles. The summed E-state index contributed by atoms with van der Waals surface area (Å²) in [4.78, 5) is 11.9. The molecule has 0 saturated carbocycles. The quantitative estimate of drug-likeness (QED) is 0.834. The van der Waals surface area contributed by atoms with E-state index in [0.29, 0.717) is 19.0 Å². The van der Waals surface area contributed by atoms with Crippen LogP contribution in [0.25, 0.3) is 0 Å². The number of rotatable bonds is 5. The summed E-state index contributed by atoms with van der Waals surface area (Å²) >= 11 is 0. The number of amides is 1. The van der Waals surface area contributed by atoms with Gasteiger partial charge in [0.1, 0.15) is 0 Å². The Morgan fingerprint density at radius 2 is 2.32 bits per heavy atom. The predicted octanol–water partition coefficient (Wildman–Crippen LogP) is 0.219. The highest BCUT2D eigenvalue weighted by Crippen LogP contribution is 2.08. The fourth-order valence-corrected chi connectivity index (χ4v) is 1.50. The molecule has 2 heterocycles. The number of aryl methyl sites for hydroxylation is 2. The zero-order valence-electron chi connectivity index (χ0n) is 11.1. The highest BCUT2D eigenvalue weighted by Gasteiger charge is 2.12. The highest BCUT2D eigenvalue weighted by molar-refractivity contribution is 6.02. The molecule has 0 radical (unpaired) electrons. The van der Waals surface area contributed by atoms with E-state index >= 15 is 0 Å². The topological polar surface area (TPSA) is 86.9 Å². The van der Waals surface area contributed by atoms with E-state index in [9.17, 15) is 4.79 Å². The smallest absolute Gasteiger partial charge is 0.279 e. The van der Waals surface area contributed by atoms with Crippen molar-refractivity contribution in [3.8, 4) is 0 Å². The summed E-state index contributed by atoms with van der Waals surface area (Å²) < 4.78 is 8.17. The number of methoxy groups -OCH3 is 1. The molecule has 8 nitrogen and oxygen atoms in total. The van der Waals surface area contributed by atoms with Gasteiger partial charge in [0.15, 0.2) is 11.5 Å². The van der Waals surface area contributed by atoms with Gasteiger partial charge in [-0.05, 0) is 6.92 Å². The van der Waals surface area contributed by atoms with Crippen molar-refractivity contribution in [3.63, 3.8) is 0 Å². The molecule has 2 aromatic rings. The lowest BCUT2D eigenvalue weighted by molar-refractivity contribution is 0.102. The van der Waals surface area contributed by atoms with E-state index in [1.807, 2.05) is 14.0 Å². The lowest BCUT2D eigenvalue weighted by Gasteiger charge is -1.98. The highest BCUT2D eigenvalue weighted by atomic mass is 16.5. The number of nitrogens with zero attached hydrogens (tertiary/aromatic N) is 5. The van der Waals surface area contributed by atoms with Crippen molar-refractivity contribution in [2.75, 3.05) is 19.0 Å².